The summed E-state index contributed by atoms with van der Waals surface area (Å²) in [5.41, 5.74) is 0. The molecule has 0 aromatic heterocycles. The lowest BCUT2D eigenvalue weighted by Gasteiger charge is -1.70. The van der Waals surface area contributed by atoms with Crippen LogP contribution in [0.2, 0.25) is 0 Å². The fourth-order valence-corrected chi connectivity index (χ4v) is 0.544. The Labute approximate surface area is 42.2 Å². The van der Waals surface area contributed by atoms with Gasteiger partial charge in [0, 0.05) is 0 Å². The number of nitrogens with one attached hydrogen (secondary N) is 1. The van der Waals surface area contributed by atoms with Gasteiger partial charge in [0.05, 0.1) is 0 Å². The quantitative estimate of drug-likeness (QED) is 0.363. The molecule has 0 spiro atoms. The lowest BCUT2D eigenvalue weighted by molar-refractivity contribution is 0.502. The first-order chi connectivity index (χ1) is 2.77. The van der Waals surface area contributed by atoms with E-state index < -0.39 is 8.03 Å². The first-order valence-corrected chi connectivity index (χ1v) is 3.12. The van der Waals surface area contributed by atoms with Crippen LogP contribution in [0.1, 0.15) is 0 Å². The maximum Gasteiger partial charge on any atom is 0.522 e. The molecule has 5 heteroatoms. The van der Waals surface area contributed by atoms with E-state index in [1.165, 1.54) is 0 Å². The van der Waals surface area contributed by atoms with Crippen LogP contribution in [0.15, 0.2) is 0 Å². The van der Waals surface area contributed by atoms with Crippen molar-refractivity contribution in [2.45, 2.75) is 0 Å². The highest BCUT2D eigenvalue weighted by Gasteiger charge is 2.03. The number of hydrogen-bond donors (Lipinski definition) is 3. The molecule has 6 heavy (non-hydrogen) atoms. The maximum absolute atomic E-state index is 9.64. The van der Waals surface area contributed by atoms with Crippen molar-refractivity contribution in [2.24, 2.45) is 0 Å². The molecular weight excluding hydrogens is 121 g/mol. The summed E-state index contributed by atoms with van der Waals surface area (Å²) in [5, 5.41) is 0. The summed E-state index contributed by atoms with van der Waals surface area (Å²) in [6.07, 6.45) is 0.0540. The number of hydrogen-bond acceptors (Lipinski definition) is 3. The smallest absolute Gasteiger partial charge is 0.221 e. The molecule has 3 nitrogen and oxygen atoms in total. The summed E-state index contributed by atoms with van der Waals surface area (Å²) in [7, 11) is -2.04. The molecule has 0 aromatic carbocycles. The lowest BCUT2D eigenvalue weighted by Crippen LogP contribution is -1.93. The van der Waals surface area contributed by atoms with Crippen molar-refractivity contribution in [1.82, 2.24) is 4.72 Å². The average molecular weight is 126 g/mol. The Bertz CT molecular complexity index is 57.5. The molecule has 0 aromatic rings. The second-order valence-corrected chi connectivity index (χ2v) is 2.01. The zero-order chi connectivity index (χ0) is 4.99. The Hall–Kier alpha value is 0.370. The Balaban J connectivity index is 2.83. The molecule has 0 aliphatic rings. The fourth-order valence-electron chi connectivity index (χ4n) is 0.0605. The summed E-state index contributed by atoms with van der Waals surface area (Å²) in [6, 6.07) is 0. The van der Waals surface area contributed by atoms with Gasteiger partial charge in [-0.25, -0.2) is 4.72 Å². The molecule has 0 aliphatic heterocycles. The molecule has 0 aliphatic carbocycles. The molecule has 0 radical (unpaired) electrons. The van der Waals surface area contributed by atoms with Gasteiger partial charge in [0.1, 0.15) is 0 Å². The molecule has 0 saturated carbocycles. The van der Waals surface area contributed by atoms with Crippen LogP contribution in [0.25, 0.3) is 0 Å². The first kappa shape index (κ1) is 6.37. The maximum atomic E-state index is 9.64. The van der Waals surface area contributed by atoms with Gasteiger partial charge in [0.2, 0.25) is 6.29 Å². The second-order valence-electron chi connectivity index (χ2n) is 0.668. The summed E-state index contributed by atoms with van der Waals surface area (Å²) in [5.74, 6) is 0. The van der Waals surface area contributed by atoms with E-state index in [0.717, 1.165) is 0 Å². The van der Waals surface area contributed by atoms with Crippen molar-refractivity contribution < 1.29 is 9.46 Å². The van der Waals surface area contributed by atoms with Gasteiger partial charge in [-0.3, -0.25) is 0 Å². The van der Waals surface area contributed by atoms with Crippen molar-refractivity contribution in [3.63, 3.8) is 0 Å². The monoisotopic (exact) mass is 126 g/mol. The Morgan fingerprint density at radius 3 is 2.50 bits per heavy atom. The molecule has 0 heterocycles. The van der Waals surface area contributed by atoms with Crippen molar-refractivity contribution in [2.75, 3.05) is 6.29 Å². The Kier molecular flexibility index (Phi) is 3.78. The SMILES string of the molecule is O=[P+](O)CNS. The van der Waals surface area contributed by atoms with Gasteiger partial charge < -0.3 is 0 Å². The lowest BCUT2D eigenvalue weighted by atomic mass is 11.5. The normalized spacial score (nSPS) is 11.3. The van der Waals surface area contributed by atoms with E-state index in [0.29, 0.717) is 0 Å². The van der Waals surface area contributed by atoms with Crippen molar-refractivity contribution in [3.05, 3.63) is 0 Å². The average Bonchev–Trinajstić information content (AvgIpc) is 1.35. The van der Waals surface area contributed by atoms with Gasteiger partial charge in [-0.1, -0.05) is 12.8 Å². The van der Waals surface area contributed by atoms with Crippen LogP contribution in [0.4, 0.5) is 0 Å². The van der Waals surface area contributed by atoms with Crippen LogP contribution in [0.3, 0.4) is 0 Å². The highest BCUT2D eigenvalue weighted by molar-refractivity contribution is 7.78. The fraction of sp³-hybridized carbons (Fsp3) is 1.00. The van der Waals surface area contributed by atoms with Crippen LogP contribution in [0.5, 0.6) is 0 Å². The molecule has 0 amide bonds. The molecule has 0 saturated heterocycles. The van der Waals surface area contributed by atoms with Crippen LogP contribution in [0, 0.1) is 0 Å². The molecule has 0 rings (SSSR count). The van der Waals surface area contributed by atoms with Crippen molar-refractivity contribution >= 4 is 20.8 Å². The predicted octanol–water partition coefficient (Wildman–Crippen LogP) is 0.113. The zero-order valence-corrected chi connectivity index (χ0v) is 4.75. The van der Waals surface area contributed by atoms with Crippen molar-refractivity contribution in [3.8, 4) is 0 Å². The van der Waals surface area contributed by atoms with Gasteiger partial charge >= 0.3 is 8.03 Å². The van der Waals surface area contributed by atoms with Gasteiger partial charge in [-0.05, 0) is 4.57 Å². The molecule has 36 valence electrons. The van der Waals surface area contributed by atoms with Crippen LogP contribution in [-0.4, -0.2) is 11.2 Å². The summed E-state index contributed by atoms with van der Waals surface area (Å²) in [4.78, 5) is 7.95. The van der Waals surface area contributed by atoms with Crippen LogP contribution < -0.4 is 4.72 Å². The third kappa shape index (κ3) is 4.37. The minimum absolute atomic E-state index is 0.0540. The van der Waals surface area contributed by atoms with Crippen LogP contribution >= 0.6 is 20.8 Å². The third-order valence-electron chi connectivity index (χ3n) is 0.206. The minimum atomic E-state index is -2.04. The van der Waals surface area contributed by atoms with Gasteiger partial charge in [-0.15, -0.1) is 0 Å². The topological polar surface area (TPSA) is 49.3 Å². The van der Waals surface area contributed by atoms with E-state index in [-0.39, 0.29) is 6.29 Å². The standard InChI is InChI=1S/CH4NO2PS/c3-5(4)1-2-6/h2,6H,1H2/p+1. The molecule has 1 unspecified atom stereocenters. The highest BCUT2D eigenvalue weighted by Crippen LogP contribution is 2.07. The van der Waals surface area contributed by atoms with E-state index in [4.69, 9.17) is 4.89 Å². The zero-order valence-electron chi connectivity index (χ0n) is 2.96. The molecular formula is CH5NO2PS+. The number of thiol groups is 1. The molecule has 0 bridgehead atoms. The predicted molar refractivity (Wildman–Crippen MR) is 26.8 cm³/mol. The third-order valence-corrected chi connectivity index (χ3v) is 1.04. The molecule has 0 fully saturated rings. The van der Waals surface area contributed by atoms with Gasteiger partial charge in [0.15, 0.2) is 0 Å². The molecule has 2 N–H and O–H groups in total. The van der Waals surface area contributed by atoms with Gasteiger partial charge in [0.25, 0.3) is 0 Å². The largest absolute Gasteiger partial charge is 0.522 e. The Morgan fingerprint density at radius 1 is 2.00 bits per heavy atom. The van der Waals surface area contributed by atoms with Crippen molar-refractivity contribution in [1.29, 1.82) is 0 Å². The minimum Gasteiger partial charge on any atom is -0.221 e. The van der Waals surface area contributed by atoms with E-state index in [9.17, 15) is 4.57 Å². The van der Waals surface area contributed by atoms with E-state index >= 15 is 0 Å². The Morgan fingerprint density at radius 2 is 2.50 bits per heavy atom. The van der Waals surface area contributed by atoms with E-state index in [1.54, 1.807) is 0 Å². The molecule has 1 atom stereocenters. The summed E-state index contributed by atoms with van der Waals surface area (Å²) < 4.78 is 11.9. The van der Waals surface area contributed by atoms with Gasteiger partial charge in [-0.2, -0.15) is 4.89 Å². The summed E-state index contributed by atoms with van der Waals surface area (Å²) in [6.45, 7) is 0. The highest BCUT2D eigenvalue weighted by atomic mass is 32.1. The first-order valence-electron chi connectivity index (χ1n) is 1.28. The van der Waals surface area contributed by atoms with E-state index in [2.05, 4.69) is 17.5 Å². The van der Waals surface area contributed by atoms with E-state index in [1.807, 2.05) is 0 Å². The second kappa shape index (κ2) is 3.56. The number of rotatable bonds is 2. The summed E-state index contributed by atoms with van der Waals surface area (Å²) >= 11 is 3.47. The van der Waals surface area contributed by atoms with Crippen LogP contribution in [-0.2, 0) is 4.57 Å².